The monoisotopic (exact) mass is 344 g/mol. The molecule has 2 N–H and O–H groups in total. The van der Waals surface area contributed by atoms with E-state index < -0.39 is 0 Å². The minimum Gasteiger partial charge on any atom is -0.322 e. The van der Waals surface area contributed by atoms with E-state index in [9.17, 15) is 4.79 Å². The first-order chi connectivity index (χ1) is 10.2. The third-order valence-electron chi connectivity index (χ3n) is 3.90. The summed E-state index contributed by atoms with van der Waals surface area (Å²) in [7, 11) is 0. The topological polar surface area (TPSA) is 41.1 Å². The van der Waals surface area contributed by atoms with Crippen molar-refractivity contribution in [3.05, 3.63) is 63.1 Å². The molecule has 3 nitrogen and oxygen atoms in total. The SMILES string of the molecule is Cc1c(Br)cccc1C(=O)Nc1cccc2c1CCNC2. The molecule has 0 saturated carbocycles. The molecular formula is C17H17BrN2O. The van der Waals surface area contributed by atoms with E-state index in [-0.39, 0.29) is 5.91 Å². The summed E-state index contributed by atoms with van der Waals surface area (Å²) in [5, 5.41) is 6.42. The Kier molecular flexibility index (Phi) is 4.08. The van der Waals surface area contributed by atoms with Gasteiger partial charge in [-0.2, -0.15) is 0 Å². The highest BCUT2D eigenvalue weighted by molar-refractivity contribution is 9.10. The fourth-order valence-electron chi connectivity index (χ4n) is 2.69. The van der Waals surface area contributed by atoms with E-state index >= 15 is 0 Å². The largest absolute Gasteiger partial charge is 0.322 e. The first-order valence-electron chi connectivity index (χ1n) is 7.05. The van der Waals surface area contributed by atoms with Gasteiger partial charge in [-0.25, -0.2) is 0 Å². The lowest BCUT2D eigenvalue weighted by atomic mass is 9.98. The Balaban J connectivity index is 1.90. The van der Waals surface area contributed by atoms with Crippen molar-refractivity contribution >= 4 is 27.5 Å². The Morgan fingerprint density at radius 3 is 2.90 bits per heavy atom. The molecule has 0 aliphatic carbocycles. The summed E-state index contributed by atoms with van der Waals surface area (Å²) in [6, 6.07) is 11.8. The van der Waals surface area contributed by atoms with Gasteiger partial charge in [-0.15, -0.1) is 0 Å². The zero-order valence-electron chi connectivity index (χ0n) is 11.9. The number of carbonyl (C=O) groups excluding carboxylic acids is 1. The summed E-state index contributed by atoms with van der Waals surface area (Å²) in [6.07, 6.45) is 0.948. The zero-order valence-corrected chi connectivity index (χ0v) is 13.5. The maximum atomic E-state index is 12.5. The number of carbonyl (C=O) groups is 1. The van der Waals surface area contributed by atoms with Crippen LogP contribution in [0.15, 0.2) is 40.9 Å². The summed E-state index contributed by atoms with van der Waals surface area (Å²) in [5.74, 6) is -0.0549. The van der Waals surface area contributed by atoms with Gasteiger partial charge in [0.2, 0.25) is 0 Å². The number of rotatable bonds is 2. The van der Waals surface area contributed by atoms with Gasteiger partial charge in [0.05, 0.1) is 0 Å². The fourth-order valence-corrected chi connectivity index (χ4v) is 3.06. The van der Waals surface area contributed by atoms with Gasteiger partial charge in [-0.1, -0.05) is 34.1 Å². The second-order valence-corrected chi connectivity index (χ2v) is 6.09. The molecule has 1 amide bonds. The van der Waals surface area contributed by atoms with Crippen LogP contribution in [-0.2, 0) is 13.0 Å². The summed E-state index contributed by atoms with van der Waals surface area (Å²) < 4.78 is 0.953. The Labute approximate surface area is 132 Å². The van der Waals surface area contributed by atoms with E-state index in [1.807, 2.05) is 37.3 Å². The number of anilines is 1. The number of hydrogen-bond acceptors (Lipinski definition) is 2. The van der Waals surface area contributed by atoms with Gasteiger partial charge in [-0.3, -0.25) is 4.79 Å². The van der Waals surface area contributed by atoms with Gasteiger partial charge in [0.15, 0.2) is 0 Å². The van der Waals surface area contributed by atoms with Crippen molar-refractivity contribution < 1.29 is 4.79 Å². The lowest BCUT2D eigenvalue weighted by Gasteiger charge is -2.20. The molecule has 0 bridgehead atoms. The molecule has 21 heavy (non-hydrogen) atoms. The molecule has 1 aliphatic heterocycles. The van der Waals surface area contributed by atoms with Gasteiger partial charge in [-0.05, 0) is 54.8 Å². The average molecular weight is 345 g/mol. The fraction of sp³-hybridized carbons (Fsp3) is 0.235. The summed E-state index contributed by atoms with van der Waals surface area (Å²) in [5.41, 5.74) is 5.11. The van der Waals surface area contributed by atoms with E-state index in [0.717, 1.165) is 35.2 Å². The highest BCUT2D eigenvalue weighted by Crippen LogP contribution is 2.25. The second-order valence-electron chi connectivity index (χ2n) is 5.24. The number of nitrogens with one attached hydrogen (secondary N) is 2. The number of hydrogen-bond donors (Lipinski definition) is 2. The van der Waals surface area contributed by atoms with Gasteiger partial charge in [0, 0.05) is 22.3 Å². The third kappa shape index (κ3) is 2.87. The minimum atomic E-state index is -0.0549. The highest BCUT2D eigenvalue weighted by Gasteiger charge is 2.16. The van der Waals surface area contributed by atoms with Crippen LogP contribution in [0.1, 0.15) is 27.0 Å². The molecule has 0 aromatic heterocycles. The molecule has 0 unspecified atom stereocenters. The Morgan fingerprint density at radius 1 is 1.24 bits per heavy atom. The van der Waals surface area contributed by atoms with Crippen LogP contribution in [0, 0.1) is 6.92 Å². The van der Waals surface area contributed by atoms with E-state index in [0.29, 0.717) is 5.56 Å². The van der Waals surface area contributed by atoms with Crippen molar-refractivity contribution in [1.82, 2.24) is 5.32 Å². The van der Waals surface area contributed by atoms with Crippen LogP contribution in [0.5, 0.6) is 0 Å². The van der Waals surface area contributed by atoms with E-state index in [1.54, 1.807) is 0 Å². The van der Waals surface area contributed by atoms with Crippen LogP contribution in [0.4, 0.5) is 5.69 Å². The molecule has 0 radical (unpaired) electrons. The van der Waals surface area contributed by atoms with Gasteiger partial charge >= 0.3 is 0 Å². The van der Waals surface area contributed by atoms with E-state index in [2.05, 4.69) is 32.6 Å². The van der Waals surface area contributed by atoms with Crippen molar-refractivity contribution in [3.8, 4) is 0 Å². The lowest BCUT2D eigenvalue weighted by Crippen LogP contribution is -2.25. The summed E-state index contributed by atoms with van der Waals surface area (Å²) in [6.45, 7) is 3.77. The Bertz CT molecular complexity index is 697. The molecule has 1 aliphatic rings. The molecule has 3 rings (SSSR count). The molecule has 2 aromatic rings. The molecular weight excluding hydrogens is 328 g/mol. The van der Waals surface area contributed by atoms with Crippen molar-refractivity contribution in [1.29, 1.82) is 0 Å². The van der Waals surface area contributed by atoms with E-state index in [1.165, 1.54) is 11.1 Å². The average Bonchev–Trinajstić information content (AvgIpc) is 2.50. The summed E-state index contributed by atoms with van der Waals surface area (Å²) in [4.78, 5) is 12.5. The maximum absolute atomic E-state index is 12.5. The molecule has 0 fully saturated rings. The first-order valence-corrected chi connectivity index (χ1v) is 7.84. The van der Waals surface area contributed by atoms with Crippen molar-refractivity contribution in [2.75, 3.05) is 11.9 Å². The van der Waals surface area contributed by atoms with Gasteiger partial charge in [0.25, 0.3) is 5.91 Å². The van der Waals surface area contributed by atoms with Crippen LogP contribution in [0.25, 0.3) is 0 Å². The van der Waals surface area contributed by atoms with Crippen molar-refractivity contribution in [2.24, 2.45) is 0 Å². The predicted octanol–water partition coefficient (Wildman–Crippen LogP) is 3.66. The second kappa shape index (κ2) is 6.00. The van der Waals surface area contributed by atoms with E-state index in [4.69, 9.17) is 0 Å². The molecule has 0 atom stereocenters. The van der Waals surface area contributed by atoms with Crippen molar-refractivity contribution in [3.63, 3.8) is 0 Å². The molecule has 108 valence electrons. The van der Waals surface area contributed by atoms with Crippen molar-refractivity contribution in [2.45, 2.75) is 19.9 Å². The molecule has 2 aromatic carbocycles. The van der Waals surface area contributed by atoms with Gasteiger partial charge < -0.3 is 10.6 Å². The predicted molar refractivity (Wildman–Crippen MR) is 88.7 cm³/mol. The maximum Gasteiger partial charge on any atom is 0.255 e. The first kappa shape index (κ1) is 14.3. The molecule has 4 heteroatoms. The summed E-state index contributed by atoms with van der Waals surface area (Å²) >= 11 is 3.47. The quantitative estimate of drug-likeness (QED) is 0.872. The standard InChI is InChI=1S/C17H17BrN2O/c1-11-13(5-3-6-15(11)18)17(21)20-16-7-2-4-12-10-19-9-8-14(12)16/h2-7,19H,8-10H2,1H3,(H,20,21). The number of benzene rings is 2. The minimum absolute atomic E-state index is 0.0549. The zero-order chi connectivity index (χ0) is 14.8. The molecule has 1 heterocycles. The number of fused-ring (bicyclic) bond motifs is 1. The number of halogens is 1. The van der Waals surface area contributed by atoms with Crippen LogP contribution in [0.3, 0.4) is 0 Å². The van der Waals surface area contributed by atoms with Gasteiger partial charge in [0.1, 0.15) is 0 Å². The Morgan fingerprint density at radius 2 is 2.05 bits per heavy atom. The van der Waals surface area contributed by atoms with Crippen LogP contribution in [-0.4, -0.2) is 12.5 Å². The highest BCUT2D eigenvalue weighted by atomic mass is 79.9. The number of amides is 1. The lowest BCUT2D eigenvalue weighted by molar-refractivity contribution is 0.102. The third-order valence-corrected chi connectivity index (χ3v) is 4.76. The van der Waals surface area contributed by atoms with Crippen LogP contribution >= 0.6 is 15.9 Å². The smallest absolute Gasteiger partial charge is 0.255 e. The Hall–Kier alpha value is -1.65. The van der Waals surface area contributed by atoms with Crippen LogP contribution in [0.2, 0.25) is 0 Å². The molecule has 0 spiro atoms. The molecule has 0 saturated heterocycles. The van der Waals surface area contributed by atoms with Crippen LogP contribution < -0.4 is 10.6 Å². The normalized spacial score (nSPS) is 13.6.